The first-order chi connectivity index (χ1) is 15.6. The zero-order valence-corrected chi connectivity index (χ0v) is 20.2. The fourth-order valence-electron chi connectivity index (χ4n) is 4.07. The van der Waals surface area contributed by atoms with E-state index in [9.17, 15) is 0 Å². The molecule has 3 nitrogen and oxygen atoms in total. The van der Waals surface area contributed by atoms with Crippen LogP contribution in [0, 0.1) is 0 Å². The fraction of sp³-hybridized carbons (Fsp3) is 0.379. The molecular weight excluding hydrogens is 390 g/mol. The first-order valence-electron chi connectivity index (χ1n) is 12.1. The number of hydrogen-bond acceptors (Lipinski definition) is 3. The van der Waals surface area contributed by atoms with Crippen LogP contribution >= 0.6 is 0 Å². The Morgan fingerprint density at radius 2 is 0.719 bits per heavy atom. The molecular formula is C29H39N3. The van der Waals surface area contributed by atoms with E-state index in [1.165, 1.54) is 33.8 Å². The van der Waals surface area contributed by atoms with Crippen molar-refractivity contribution in [2.75, 3.05) is 35.6 Å². The van der Waals surface area contributed by atoms with E-state index in [4.69, 9.17) is 0 Å². The van der Waals surface area contributed by atoms with Crippen LogP contribution in [0.5, 0.6) is 0 Å². The minimum absolute atomic E-state index is 0.240. The summed E-state index contributed by atoms with van der Waals surface area (Å²) in [4.78, 5) is 0. The van der Waals surface area contributed by atoms with Crippen molar-refractivity contribution in [1.82, 2.24) is 0 Å². The van der Waals surface area contributed by atoms with Gasteiger partial charge in [0, 0.05) is 42.1 Å². The second-order valence-corrected chi connectivity index (χ2v) is 8.64. The van der Waals surface area contributed by atoms with Crippen molar-refractivity contribution in [3.05, 3.63) is 89.5 Å². The van der Waals surface area contributed by atoms with Crippen LogP contribution in [-0.2, 0) is 5.41 Å². The van der Waals surface area contributed by atoms with Crippen molar-refractivity contribution < 1.29 is 0 Å². The maximum Gasteiger partial charge on any atom is 0.0423 e. The Balaban J connectivity index is 1.98. The van der Waals surface area contributed by atoms with Crippen LogP contribution in [0.4, 0.5) is 17.1 Å². The molecule has 0 amide bonds. The molecule has 0 aliphatic rings. The molecule has 3 heteroatoms. The maximum atomic E-state index is 3.49. The Morgan fingerprint density at radius 3 is 0.938 bits per heavy atom. The molecule has 0 aliphatic heterocycles. The van der Waals surface area contributed by atoms with E-state index in [-0.39, 0.29) is 5.41 Å². The van der Waals surface area contributed by atoms with Gasteiger partial charge in [-0.15, -0.1) is 0 Å². The minimum atomic E-state index is -0.240. The lowest BCUT2D eigenvalue weighted by Crippen LogP contribution is -2.25. The van der Waals surface area contributed by atoms with E-state index in [0.717, 1.165) is 38.9 Å². The van der Waals surface area contributed by atoms with E-state index in [2.05, 4.69) is 116 Å². The summed E-state index contributed by atoms with van der Waals surface area (Å²) in [5.41, 5.74) is 7.17. The summed E-state index contributed by atoms with van der Waals surface area (Å²) in [5.74, 6) is 0. The molecule has 3 aromatic carbocycles. The molecule has 0 aliphatic carbocycles. The Morgan fingerprint density at radius 1 is 0.469 bits per heavy atom. The van der Waals surface area contributed by atoms with Gasteiger partial charge in [-0.3, -0.25) is 0 Å². The predicted octanol–water partition coefficient (Wildman–Crippen LogP) is 7.51. The van der Waals surface area contributed by atoms with Crippen LogP contribution in [0.3, 0.4) is 0 Å². The van der Waals surface area contributed by atoms with Gasteiger partial charge in [-0.1, -0.05) is 57.2 Å². The van der Waals surface area contributed by atoms with E-state index < -0.39 is 0 Å². The van der Waals surface area contributed by atoms with Gasteiger partial charge in [0.2, 0.25) is 0 Å². The highest BCUT2D eigenvalue weighted by Crippen LogP contribution is 2.40. The van der Waals surface area contributed by atoms with Gasteiger partial charge in [-0.2, -0.15) is 0 Å². The fourth-order valence-corrected chi connectivity index (χ4v) is 4.07. The highest BCUT2D eigenvalue weighted by molar-refractivity contribution is 5.57. The lowest BCUT2D eigenvalue weighted by molar-refractivity contribution is 0.693. The molecule has 170 valence electrons. The standard InChI is InChI=1S/C29H39N3/c1-5-20-30-26-14-8-23(9-15-26)29(4,24-10-16-27(17-11-24)31-21-6-2)25-12-18-28(19-13-25)32-22-7-3/h8-19,30-32H,5-7,20-22H2,1-4H3. The molecule has 0 radical (unpaired) electrons. The van der Waals surface area contributed by atoms with Gasteiger partial charge in [-0.25, -0.2) is 0 Å². The smallest absolute Gasteiger partial charge is 0.0423 e. The molecule has 0 fully saturated rings. The van der Waals surface area contributed by atoms with Gasteiger partial charge in [0.05, 0.1) is 0 Å². The summed E-state index contributed by atoms with van der Waals surface area (Å²) >= 11 is 0. The topological polar surface area (TPSA) is 36.1 Å². The third-order valence-corrected chi connectivity index (χ3v) is 6.12. The molecule has 0 aromatic heterocycles. The van der Waals surface area contributed by atoms with Gasteiger partial charge in [0.1, 0.15) is 0 Å². The molecule has 0 bridgehead atoms. The summed E-state index contributed by atoms with van der Waals surface area (Å²) in [7, 11) is 0. The molecule has 32 heavy (non-hydrogen) atoms. The first-order valence-corrected chi connectivity index (χ1v) is 12.1. The highest BCUT2D eigenvalue weighted by Gasteiger charge is 2.31. The second kappa shape index (κ2) is 11.6. The Kier molecular flexibility index (Phi) is 8.61. The van der Waals surface area contributed by atoms with Gasteiger partial charge in [0.15, 0.2) is 0 Å². The van der Waals surface area contributed by atoms with Gasteiger partial charge < -0.3 is 16.0 Å². The van der Waals surface area contributed by atoms with Crippen LogP contribution in [0.2, 0.25) is 0 Å². The lowest BCUT2D eigenvalue weighted by Gasteiger charge is -2.32. The van der Waals surface area contributed by atoms with E-state index >= 15 is 0 Å². The van der Waals surface area contributed by atoms with Crippen molar-refractivity contribution in [2.24, 2.45) is 0 Å². The number of rotatable bonds is 12. The summed E-state index contributed by atoms with van der Waals surface area (Å²) in [6, 6.07) is 26.8. The molecule has 3 rings (SSSR count). The van der Waals surface area contributed by atoms with Crippen LogP contribution in [0.15, 0.2) is 72.8 Å². The third-order valence-electron chi connectivity index (χ3n) is 6.12. The van der Waals surface area contributed by atoms with Crippen molar-refractivity contribution in [3.8, 4) is 0 Å². The van der Waals surface area contributed by atoms with Crippen molar-refractivity contribution in [2.45, 2.75) is 52.4 Å². The van der Waals surface area contributed by atoms with Crippen LogP contribution < -0.4 is 16.0 Å². The van der Waals surface area contributed by atoms with E-state index in [0.29, 0.717) is 0 Å². The highest BCUT2D eigenvalue weighted by atomic mass is 14.9. The Hall–Kier alpha value is -2.94. The average Bonchev–Trinajstić information content (AvgIpc) is 2.85. The summed E-state index contributed by atoms with van der Waals surface area (Å²) < 4.78 is 0. The predicted molar refractivity (Wildman–Crippen MR) is 141 cm³/mol. The molecule has 0 saturated heterocycles. The molecule has 0 unspecified atom stereocenters. The number of benzene rings is 3. The molecule has 0 heterocycles. The lowest BCUT2D eigenvalue weighted by atomic mass is 9.71. The first kappa shape index (κ1) is 23.7. The van der Waals surface area contributed by atoms with Crippen molar-refractivity contribution in [3.63, 3.8) is 0 Å². The molecule has 3 aromatic rings. The van der Waals surface area contributed by atoms with Gasteiger partial charge >= 0.3 is 0 Å². The summed E-state index contributed by atoms with van der Waals surface area (Å²) in [5, 5.41) is 10.5. The molecule has 0 saturated carbocycles. The minimum Gasteiger partial charge on any atom is -0.385 e. The SMILES string of the molecule is CCCNc1ccc(C(C)(c2ccc(NCCC)cc2)c2ccc(NCCC)cc2)cc1. The maximum absolute atomic E-state index is 3.49. The number of nitrogens with one attached hydrogen (secondary N) is 3. The summed E-state index contributed by atoms with van der Waals surface area (Å²) in [6.07, 6.45) is 3.36. The molecule has 0 atom stereocenters. The van der Waals surface area contributed by atoms with E-state index in [1.54, 1.807) is 0 Å². The van der Waals surface area contributed by atoms with Crippen molar-refractivity contribution in [1.29, 1.82) is 0 Å². The average molecular weight is 430 g/mol. The van der Waals surface area contributed by atoms with Crippen LogP contribution in [0.1, 0.15) is 63.6 Å². The number of anilines is 3. The zero-order chi connectivity index (χ0) is 22.8. The Bertz CT molecular complexity index is 802. The van der Waals surface area contributed by atoms with Gasteiger partial charge in [-0.05, 0) is 79.3 Å². The van der Waals surface area contributed by atoms with Crippen LogP contribution in [0.25, 0.3) is 0 Å². The quantitative estimate of drug-likeness (QED) is 0.261. The third kappa shape index (κ3) is 5.64. The number of hydrogen-bond donors (Lipinski definition) is 3. The Labute approximate surface area is 194 Å². The van der Waals surface area contributed by atoms with Crippen molar-refractivity contribution >= 4 is 17.1 Å². The summed E-state index contributed by atoms with van der Waals surface area (Å²) in [6.45, 7) is 11.9. The second-order valence-electron chi connectivity index (χ2n) is 8.64. The van der Waals surface area contributed by atoms with E-state index in [1.807, 2.05) is 0 Å². The molecule has 3 N–H and O–H groups in total. The largest absolute Gasteiger partial charge is 0.385 e. The van der Waals surface area contributed by atoms with Gasteiger partial charge in [0.25, 0.3) is 0 Å². The monoisotopic (exact) mass is 429 g/mol. The normalized spacial score (nSPS) is 11.2. The molecule has 0 spiro atoms. The van der Waals surface area contributed by atoms with Crippen LogP contribution in [-0.4, -0.2) is 19.6 Å². The zero-order valence-electron chi connectivity index (χ0n) is 20.2.